The van der Waals surface area contributed by atoms with Crippen molar-refractivity contribution in [3.05, 3.63) is 41.5 Å². The molecule has 0 radical (unpaired) electrons. The van der Waals surface area contributed by atoms with Crippen molar-refractivity contribution < 1.29 is 14.3 Å². The van der Waals surface area contributed by atoms with E-state index in [4.69, 9.17) is 4.74 Å². The van der Waals surface area contributed by atoms with Crippen LogP contribution in [0.4, 0.5) is 0 Å². The van der Waals surface area contributed by atoms with Gasteiger partial charge in [-0.05, 0) is 35.5 Å². The molecule has 0 amide bonds. The number of aldehydes is 1. The Morgan fingerprint density at radius 1 is 1.19 bits per heavy atom. The fourth-order valence-electron chi connectivity index (χ4n) is 2.02. The standard InChI is InChI=1S/C18H24O3/c1-5-21-17(20)13-15(7-6-12-19)14-8-10-16(11-9-14)18(2,3)4/h8-13H,5-7H2,1-4H3/b15-13+. The van der Waals surface area contributed by atoms with Gasteiger partial charge in [0, 0.05) is 12.5 Å². The number of esters is 1. The molecular formula is C18H24O3. The molecular weight excluding hydrogens is 264 g/mol. The molecule has 1 aromatic rings. The number of benzene rings is 1. The maximum Gasteiger partial charge on any atom is 0.331 e. The first kappa shape index (κ1) is 17.2. The Morgan fingerprint density at radius 3 is 2.29 bits per heavy atom. The highest BCUT2D eigenvalue weighted by Crippen LogP contribution is 2.26. The Bertz CT molecular complexity index is 504. The second kappa shape index (κ2) is 7.77. The molecule has 1 aromatic carbocycles. The molecule has 114 valence electrons. The third-order valence-electron chi connectivity index (χ3n) is 3.23. The average molecular weight is 288 g/mol. The third-order valence-corrected chi connectivity index (χ3v) is 3.23. The molecule has 0 saturated carbocycles. The van der Waals surface area contributed by atoms with Crippen molar-refractivity contribution in [2.45, 2.75) is 46.0 Å². The van der Waals surface area contributed by atoms with E-state index in [1.165, 1.54) is 11.6 Å². The van der Waals surface area contributed by atoms with Gasteiger partial charge in [-0.1, -0.05) is 45.0 Å². The van der Waals surface area contributed by atoms with E-state index >= 15 is 0 Å². The van der Waals surface area contributed by atoms with E-state index in [9.17, 15) is 9.59 Å². The minimum Gasteiger partial charge on any atom is -0.463 e. The molecule has 0 fully saturated rings. The fraction of sp³-hybridized carbons (Fsp3) is 0.444. The van der Waals surface area contributed by atoms with Crippen LogP contribution in [0.2, 0.25) is 0 Å². The van der Waals surface area contributed by atoms with E-state index in [1.54, 1.807) is 6.92 Å². The minimum absolute atomic E-state index is 0.0896. The van der Waals surface area contributed by atoms with E-state index in [2.05, 4.69) is 32.9 Å². The highest BCUT2D eigenvalue weighted by atomic mass is 16.5. The van der Waals surface area contributed by atoms with Crippen LogP contribution in [0.25, 0.3) is 5.57 Å². The predicted octanol–water partition coefficient (Wildman–Crippen LogP) is 3.91. The first-order valence-electron chi connectivity index (χ1n) is 7.30. The minimum atomic E-state index is -0.363. The third kappa shape index (κ3) is 5.54. The molecule has 0 aliphatic carbocycles. The molecule has 0 N–H and O–H groups in total. The molecule has 0 unspecified atom stereocenters. The van der Waals surface area contributed by atoms with Gasteiger partial charge < -0.3 is 9.53 Å². The molecule has 0 spiro atoms. The van der Waals surface area contributed by atoms with Gasteiger partial charge in [0.25, 0.3) is 0 Å². The van der Waals surface area contributed by atoms with Crippen LogP contribution in [0.5, 0.6) is 0 Å². The van der Waals surface area contributed by atoms with Gasteiger partial charge >= 0.3 is 5.97 Å². The summed E-state index contributed by atoms with van der Waals surface area (Å²) in [5.41, 5.74) is 3.11. The topological polar surface area (TPSA) is 43.4 Å². The Hall–Kier alpha value is -1.90. The van der Waals surface area contributed by atoms with Gasteiger partial charge in [-0.2, -0.15) is 0 Å². The zero-order valence-corrected chi connectivity index (χ0v) is 13.3. The number of rotatable bonds is 6. The van der Waals surface area contributed by atoms with Crippen molar-refractivity contribution in [3.63, 3.8) is 0 Å². The average Bonchev–Trinajstić information content (AvgIpc) is 2.43. The van der Waals surface area contributed by atoms with Crippen LogP contribution in [0.15, 0.2) is 30.3 Å². The van der Waals surface area contributed by atoms with E-state index in [0.29, 0.717) is 19.4 Å². The van der Waals surface area contributed by atoms with Crippen LogP contribution < -0.4 is 0 Å². The number of allylic oxidation sites excluding steroid dienone is 1. The molecule has 0 aliphatic rings. The van der Waals surface area contributed by atoms with Crippen molar-refractivity contribution in [2.24, 2.45) is 0 Å². The number of hydrogen-bond acceptors (Lipinski definition) is 3. The Labute approximate surface area is 127 Å². The van der Waals surface area contributed by atoms with Crippen LogP contribution in [0, 0.1) is 0 Å². The van der Waals surface area contributed by atoms with Gasteiger partial charge in [-0.25, -0.2) is 4.79 Å². The fourth-order valence-corrected chi connectivity index (χ4v) is 2.02. The lowest BCUT2D eigenvalue weighted by atomic mass is 9.86. The summed E-state index contributed by atoms with van der Waals surface area (Å²) in [6.07, 6.45) is 3.28. The van der Waals surface area contributed by atoms with Gasteiger partial charge in [0.05, 0.1) is 6.61 Å². The summed E-state index contributed by atoms with van der Waals surface area (Å²) in [6.45, 7) is 8.59. The van der Waals surface area contributed by atoms with E-state index < -0.39 is 0 Å². The molecule has 0 heterocycles. The highest BCUT2D eigenvalue weighted by Gasteiger charge is 2.13. The summed E-state index contributed by atoms with van der Waals surface area (Å²) < 4.78 is 4.95. The first-order valence-corrected chi connectivity index (χ1v) is 7.30. The summed E-state index contributed by atoms with van der Waals surface area (Å²) in [7, 11) is 0. The van der Waals surface area contributed by atoms with Gasteiger partial charge in [0.1, 0.15) is 6.29 Å². The summed E-state index contributed by atoms with van der Waals surface area (Å²) in [5, 5.41) is 0. The molecule has 0 bridgehead atoms. The molecule has 0 aromatic heterocycles. The van der Waals surface area contributed by atoms with E-state index in [1.807, 2.05) is 12.1 Å². The second-order valence-corrected chi connectivity index (χ2v) is 5.95. The van der Waals surface area contributed by atoms with Crippen LogP contribution in [0.3, 0.4) is 0 Å². The monoisotopic (exact) mass is 288 g/mol. The molecule has 3 nitrogen and oxygen atoms in total. The van der Waals surface area contributed by atoms with Crippen LogP contribution in [-0.4, -0.2) is 18.9 Å². The Morgan fingerprint density at radius 2 is 1.81 bits per heavy atom. The van der Waals surface area contributed by atoms with Gasteiger partial charge in [-0.15, -0.1) is 0 Å². The lowest BCUT2D eigenvalue weighted by molar-refractivity contribution is -0.137. The lowest BCUT2D eigenvalue weighted by Crippen LogP contribution is -2.10. The molecule has 21 heavy (non-hydrogen) atoms. The molecule has 0 atom stereocenters. The SMILES string of the molecule is CCOC(=O)/C=C(\CCC=O)c1ccc(C(C)(C)C)cc1. The van der Waals surface area contributed by atoms with E-state index in [-0.39, 0.29) is 11.4 Å². The summed E-state index contributed by atoms with van der Waals surface area (Å²) in [6, 6.07) is 8.12. The maximum absolute atomic E-state index is 11.6. The second-order valence-electron chi connectivity index (χ2n) is 5.95. The molecule has 0 saturated heterocycles. The van der Waals surface area contributed by atoms with E-state index in [0.717, 1.165) is 17.4 Å². The van der Waals surface area contributed by atoms with Crippen molar-refractivity contribution in [3.8, 4) is 0 Å². The predicted molar refractivity (Wildman–Crippen MR) is 85.1 cm³/mol. The lowest BCUT2D eigenvalue weighted by Gasteiger charge is -2.19. The Balaban J connectivity index is 3.03. The number of hydrogen-bond donors (Lipinski definition) is 0. The maximum atomic E-state index is 11.6. The zero-order valence-electron chi connectivity index (χ0n) is 13.3. The van der Waals surface area contributed by atoms with Crippen LogP contribution in [-0.2, 0) is 19.7 Å². The highest BCUT2D eigenvalue weighted by molar-refractivity contribution is 5.91. The van der Waals surface area contributed by atoms with Crippen molar-refractivity contribution in [1.82, 2.24) is 0 Å². The molecule has 1 rings (SSSR count). The summed E-state index contributed by atoms with van der Waals surface area (Å²) >= 11 is 0. The zero-order chi connectivity index (χ0) is 15.9. The van der Waals surface area contributed by atoms with Crippen LogP contribution in [0.1, 0.15) is 51.7 Å². The summed E-state index contributed by atoms with van der Waals surface area (Å²) in [4.78, 5) is 22.2. The summed E-state index contributed by atoms with van der Waals surface area (Å²) in [5.74, 6) is -0.363. The van der Waals surface area contributed by atoms with Crippen molar-refractivity contribution in [2.75, 3.05) is 6.61 Å². The van der Waals surface area contributed by atoms with Crippen LogP contribution >= 0.6 is 0 Å². The number of carbonyl (C=O) groups is 2. The Kier molecular flexibility index (Phi) is 6.35. The van der Waals surface area contributed by atoms with Crippen molar-refractivity contribution >= 4 is 17.8 Å². The molecule has 0 aliphatic heterocycles. The number of ether oxygens (including phenoxy) is 1. The van der Waals surface area contributed by atoms with Gasteiger partial charge in [0.15, 0.2) is 0 Å². The van der Waals surface area contributed by atoms with Crippen molar-refractivity contribution in [1.29, 1.82) is 0 Å². The molecule has 3 heteroatoms. The normalized spacial score (nSPS) is 12.1. The largest absolute Gasteiger partial charge is 0.463 e. The number of carbonyl (C=O) groups excluding carboxylic acids is 2. The first-order chi connectivity index (χ1) is 9.88. The van der Waals surface area contributed by atoms with Gasteiger partial charge in [-0.3, -0.25) is 0 Å². The van der Waals surface area contributed by atoms with Gasteiger partial charge in [0.2, 0.25) is 0 Å². The smallest absolute Gasteiger partial charge is 0.331 e. The quantitative estimate of drug-likeness (QED) is 0.453.